The summed E-state index contributed by atoms with van der Waals surface area (Å²) in [6.45, 7) is 9.53. The fourth-order valence-electron chi connectivity index (χ4n) is 2.97. The highest BCUT2D eigenvalue weighted by atomic mass is 16.5. The van der Waals surface area contributed by atoms with Crippen molar-refractivity contribution in [3.8, 4) is 5.75 Å². The lowest BCUT2D eigenvalue weighted by atomic mass is 10.1. The molecular formula is C20H25NO4. The molecule has 0 saturated heterocycles. The van der Waals surface area contributed by atoms with E-state index >= 15 is 0 Å². The largest absolute Gasteiger partial charge is 0.485 e. The maximum atomic E-state index is 12.7. The van der Waals surface area contributed by atoms with Crippen LogP contribution in [0.1, 0.15) is 50.2 Å². The third-order valence-electron chi connectivity index (χ3n) is 4.59. The number of benzene rings is 1. The van der Waals surface area contributed by atoms with E-state index in [0.717, 1.165) is 16.8 Å². The summed E-state index contributed by atoms with van der Waals surface area (Å²) < 4.78 is 12.5. The average molecular weight is 343 g/mol. The van der Waals surface area contributed by atoms with Crippen molar-refractivity contribution in [1.29, 1.82) is 0 Å². The molecular weight excluding hydrogens is 318 g/mol. The monoisotopic (exact) mass is 343 g/mol. The molecule has 1 heterocycles. The van der Waals surface area contributed by atoms with Crippen LogP contribution in [0.15, 0.2) is 18.2 Å². The van der Waals surface area contributed by atoms with Gasteiger partial charge in [-0.15, -0.1) is 0 Å². The first-order valence-corrected chi connectivity index (χ1v) is 8.34. The van der Waals surface area contributed by atoms with Crippen molar-refractivity contribution in [3.05, 3.63) is 51.8 Å². The van der Waals surface area contributed by atoms with Gasteiger partial charge in [0.25, 0.3) is 0 Å². The van der Waals surface area contributed by atoms with E-state index in [4.69, 9.17) is 9.47 Å². The molecule has 0 aliphatic rings. The number of Topliss-reactive ketones (excluding diaryl/α,β-unsaturated/α-hetero) is 1. The summed E-state index contributed by atoms with van der Waals surface area (Å²) in [5.74, 6) is 0.132. The summed E-state index contributed by atoms with van der Waals surface area (Å²) >= 11 is 0. The van der Waals surface area contributed by atoms with Crippen LogP contribution in [0, 0.1) is 27.7 Å². The molecule has 0 aliphatic heterocycles. The lowest BCUT2D eigenvalue weighted by Gasteiger charge is -2.10. The smallest absolute Gasteiger partial charge is 0.355 e. The number of esters is 1. The third kappa shape index (κ3) is 3.60. The molecule has 5 heteroatoms. The number of nitrogens with zero attached hydrogens (tertiary/aromatic N) is 1. The number of carbonyl (C=O) groups excluding carboxylic acids is 2. The maximum Gasteiger partial charge on any atom is 0.355 e. The highest BCUT2D eigenvalue weighted by Crippen LogP contribution is 2.24. The topological polar surface area (TPSA) is 57.5 Å². The summed E-state index contributed by atoms with van der Waals surface area (Å²) in [5.41, 5.74) is 4.43. The summed E-state index contributed by atoms with van der Waals surface area (Å²) in [5, 5.41) is 0. The third-order valence-corrected chi connectivity index (χ3v) is 4.59. The van der Waals surface area contributed by atoms with Crippen LogP contribution < -0.4 is 4.74 Å². The van der Waals surface area contributed by atoms with Crippen LogP contribution in [0.3, 0.4) is 0 Å². The Labute approximate surface area is 148 Å². The number of rotatable bonds is 6. The summed E-state index contributed by atoms with van der Waals surface area (Å²) in [7, 11) is 1.76. The Kier molecular flexibility index (Phi) is 5.67. The van der Waals surface area contributed by atoms with Gasteiger partial charge in [0.1, 0.15) is 11.4 Å². The number of aryl methyl sites for hydroxylation is 1. The van der Waals surface area contributed by atoms with Gasteiger partial charge in [0.05, 0.1) is 6.61 Å². The molecule has 0 unspecified atom stereocenters. The van der Waals surface area contributed by atoms with E-state index in [1.807, 2.05) is 39.0 Å². The lowest BCUT2D eigenvalue weighted by molar-refractivity contribution is 0.0514. The number of carbonyl (C=O) groups is 2. The zero-order valence-corrected chi connectivity index (χ0v) is 15.7. The first-order chi connectivity index (χ1) is 11.8. The van der Waals surface area contributed by atoms with E-state index in [-0.39, 0.29) is 12.4 Å². The van der Waals surface area contributed by atoms with E-state index in [0.29, 0.717) is 29.2 Å². The fraction of sp³-hybridized carbons (Fsp3) is 0.400. The SMILES string of the molecule is CCOC(=O)c1c(C)c(C(=O)COc2cccc(C)c2C)c(C)n1C. The number of hydrogen-bond acceptors (Lipinski definition) is 4. The van der Waals surface area contributed by atoms with Gasteiger partial charge in [0.15, 0.2) is 6.61 Å². The van der Waals surface area contributed by atoms with Crippen LogP contribution >= 0.6 is 0 Å². The van der Waals surface area contributed by atoms with Crippen molar-refractivity contribution in [2.75, 3.05) is 13.2 Å². The van der Waals surface area contributed by atoms with Gasteiger partial charge in [-0.25, -0.2) is 4.79 Å². The van der Waals surface area contributed by atoms with Gasteiger partial charge in [-0.1, -0.05) is 12.1 Å². The van der Waals surface area contributed by atoms with E-state index < -0.39 is 5.97 Å². The molecule has 2 aromatic rings. The molecule has 0 atom stereocenters. The Bertz CT molecular complexity index is 818. The summed E-state index contributed by atoms with van der Waals surface area (Å²) in [6.07, 6.45) is 0. The van der Waals surface area contributed by atoms with Crippen molar-refractivity contribution < 1.29 is 19.1 Å². The van der Waals surface area contributed by atoms with Crippen LogP contribution in [0.25, 0.3) is 0 Å². The fourth-order valence-corrected chi connectivity index (χ4v) is 2.97. The van der Waals surface area contributed by atoms with Crippen molar-refractivity contribution in [2.24, 2.45) is 7.05 Å². The Morgan fingerprint density at radius 2 is 1.76 bits per heavy atom. The van der Waals surface area contributed by atoms with Crippen LogP contribution in [-0.2, 0) is 11.8 Å². The van der Waals surface area contributed by atoms with Crippen LogP contribution in [0.2, 0.25) is 0 Å². The number of ketones is 1. The van der Waals surface area contributed by atoms with Crippen LogP contribution in [0.4, 0.5) is 0 Å². The van der Waals surface area contributed by atoms with E-state index in [2.05, 4.69) is 0 Å². The minimum absolute atomic E-state index is 0.0712. The quantitative estimate of drug-likeness (QED) is 0.593. The highest BCUT2D eigenvalue weighted by molar-refractivity contribution is 6.03. The van der Waals surface area contributed by atoms with E-state index in [9.17, 15) is 9.59 Å². The predicted octanol–water partition coefficient (Wildman–Crippen LogP) is 3.70. The molecule has 0 bridgehead atoms. The Hall–Kier alpha value is -2.56. The lowest BCUT2D eigenvalue weighted by Crippen LogP contribution is -2.14. The van der Waals surface area contributed by atoms with Crippen molar-refractivity contribution in [3.63, 3.8) is 0 Å². The molecule has 0 fully saturated rings. The second-order valence-electron chi connectivity index (χ2n) is 6.12. The number of aromatic nitrogens is 1. The van der Waals surface area contributed by atoms with Crippen molar-refractivity contribution >= 4 is 11.8 Å². The molecule has 1 aromatic carbocycles. The number of ether oxygens (including phenoxy) is 2. The van der Waals surface area contributed by atoms with Crippen molar-refractivity contribution in [1.82, 2.24) is 4.57 Å². The minimum Gasteiger partial charge on any atom is -0.485 e. The van der Waals surface area contributed by atoms with Crippen LogP contribution in [-0.4, -0.2) is 29.5 Å². The maximum absolute atomic E-state index is 12.7. The second kappa shape index (κ2) is 7.55. The second-order valence-corrected chi connectivity index (χ2v) is 6.12. The Morgan fingerprint density at radius 1 is 1.08 bits per heavy atom. The predicted molar refractivity (Wildman–Crippen MR) is 96.6 cm³/mol. The first kappa shape index (κ1) is 18.8. The highest BCUT2D eigenvalue weighted by Gasteiger charge is 2.25. The molecule has 5 nitrogen and oxygen atoms in total. The van der Waals surface area contributed by atoms with Gasteiger partial charge in [0.2, 0.25) is 5.78 Å². The van der Waals surface area contributed by atoms with Gasteiger partial charge in [-0.05, 0) is 57.4 Å². The van der Waals surface area contributed by atoms with Crippen molar-refractivity contribution in [2.45, 2.75) is 34.6 Å². The van der Waals surface area contributed by atoms with E-state index in [1.165, 1.54) is 0 Å². The van der Waals surface area contributed by atoms with Gasteiger partial charge in [-0.2, -0.15) is 0 Å². The minimum atomic E-state index is -0.417. The molecule has 0 spiro atoms. The van der Waals surface area contributed by atoms with Gasteiger partial charge >= 0.3 is 5.97 Å². The normalized spacial score (nSPS) is 10.6. The summed E-state index contributed by atoms with van der Waals surface area (Å²) in [6, 6.07) is 5.76. The van der Waals surface area contributed by atoms with Crippen LogP contribution in [0.5, 0.6) is 5.75 Å². The molecule has 25 heavy (non-hydrogen) atoms. The molecule has 0 aliphatic carbocycles. The summed E-state index contributed by atoms with van der Waals surface area (Å²) in [4.78, 5) is 24.9. The molecule has 2 rings (SSSR count). The molecule has 0 saturated carbocycles. The van der Waals surface area contributed by atoms with Gasteiger partial charge < -0.3 is 14.0 Å². The molecule has 0 N–H and O–H groups in total. The standard InChI is InChI=1S/C20H25NO4/c1-7-24-20(23)19-14(4)18(15(5)21(19)6)16(22)11-25-17-10-8-9-12(2)13(17)3/h8-10H,7,11H2,1-6H3. The molecule has 0 amide bonds. The molecule has 1 aromatic heterocycles. The average Bonchev–Trinajstić information content (AvgIpc) is 2.78. The molecule has 134 valence electrons. The first-order valence-electron chi connectivity index (χ1n) is 8.34. The Balaban J connectivity index is 2.26. The zero-order valence-electron chi connectivity index (χ0n) is 15.7. The van der Waals surface area contributed by atoms with Gasteiger partial charge in [0, 0.05) is 18.3 Å². The number of hydrogen-bond donors (Lipinski definition) is 0. The molecule has 0 radical (unpaired) electrons. The Morgan fingerprint density at radius 3 is 2.40 bits per heavy atom. The van der Waals surface area contributed by atoms with E-state index in [1.54, 1.807) is 25.5 Å². The van der Waals surface area contributed by atoms with Gasteiger partial charge in [-0.3, -0.25) is 4.79 Å². The zero-order chi connectivity index (χ0) is 18.7.